The minimum absolute atomic E-state index is 0. The van der Waals surface area contributed by atoms with Crippen LogP contribution in [0.5, 0.6) is 0 Å². The van der Waals surface area contributed by atoms with E-state index in [-0.39, 0.29) is 30.9 Å². The summed E-state index contributed by atoms with van der Waals surface area (Å²) in [6.45, 7) is 1.02. The molecule has 21 heavy (non-hydrogen) atoms. The van der Waals surface area contributed by atoms with Crippen LogP contribution in [0.15, 0.2) is 18.2 Å². The van der Waals surface area contributed by atoms with E-state index in [1.54, 1.807) is 4.90 Å². The molecule has 0 saturated heterocycles. The van der Waals surface area contributed by atoms with E-state index >= 15 is 0 Å². The molecule has 0 unspecified atom stereocenters. The van der Waals surface area contributed by atoms with E-state index in [0.717, 1.165) is 31.9 Å². The number of carbonyl (C=O) groups is 1. The van der Waals surface area contributed by atoms with Crippen LogP contribution in [0.4, 0.5) is 8.78 Å². The fourth-order valence-electron chi connectivity index (χ4n) is 2.20. The van der Waals surface area contributed by atoms with E-state index < -0.39 is 11.6 Å². The van der Waals surface area contributed by atoms with Crippen molar-refractivity contribution in [2.45, 2.75) is 38.3 Å². The number of nitrogens with one attached hydrogen (secondary N) is 1. The standard InChI is InChI=1S/C15H20F2N2O.ClH/c1-18-8-2-3-15(20)19(13-6-7-13)10-11-4-5-12(16)9-14(11)17;/h4-5,9,13,18H,2-3,6-8,10H2,1H3;1H. The molecule has 2 rings (SSSR count). The van der Waals surface area contributed by atoms with Crippen molar-refractivity contribution in [2.75, 3.05) is 13.6 Å². The molecule has 1 aliphatic rings. The lowest BCUT2D eigenvalue weighted by Crippen LogP contribution is -2.33. The smallest absolute Gasteiger partial charge is 0.223 e. The predicted molar refractivity (Wildman–Crippen MR) is 80.3 cm³/mol. The molecule has 1 aliphatic carbocycles. The highest BCUT2D eigenvalue weighted by molar-refractivity contribution is 5.85. The van der Waals surface area contributed by atoms with Gasteiger partial charge in [-0.2, -0.15) is 0 Å². The first kappa shape index (κ1) is 17.9. The Morgan fingerprint density at radius 1 is 1.38 bits per heavy atom. The SMILES string of the molecule is CNCCCC(=O)N(Cc1ccc(F)cc1F)C1CC1.Cl. The second-order valence-electron chi connectivity index (χ2n) is 5.20. The van der Waals surface area contributed by atoms with Gasteiger partial charge in [0.15, 0.2) is 0 Å². The molecule has 0 bridgehead atoms. The third-order valence-corrected chi connectivity index (χ3v) is 3.48. The molecule has 0 heterocycles. The third kappa shape index (κ3) is 5.25. The highest BCUT2D eigenvalue weighted by Crippen LogP contribution is 2.29. The molecule has 0 spiro atoms. The first-order valence-electron chi connectivity index (χ1n) is 7.00. The first-order valence-corrected chi connectivity index (χ1v) is 7.00. The van der Waals surface area contributed by atoms with Gasteiger partial charge < -0.3 is 10.2 Å². The number of hydrogen-bond acceptors (Lipinski definition) is 2. The number of hydrogen-bond donors (Lipinski definition) is 1. The van der Waals surface area contributed by atoms with Crippen LogP contribution in [0.25, 0.3) is 0 Å². The zero-order chi connectivity index (χ0) is 14.5. The average molecular weight is 319 g/mol. The monoisotopic (exact) mass is 318 g/mol. The molecule has 0 atom stereocenters. The molecule has 1 aromatic rings. The van der Waals surface area contributed by atoms with E-state index in [0.29, 0.717) is 12.0 Å². The van der Waals surface area contributed by atoms with Crippen molar-refractivity contribution in [3.05, 3.63) is 35.4 Å². The Morgan fingerprint density at radius 2 is 2.10 bits per heavy atom. The lowest BCUT2D eigenvalue weighted by molar-refractivity contribution is -0.132. The fraction of sp³-hybridized carbons (Fsp3) is 0.533. The third-order valence-electron chi connectivity index (χ3n) is 3.48. The average Bonchev–Trinajstić information content (AvgIpc) is 3.22. The summed E-state index contributed by atoms with van der Waals surface area (Å²) in [5.41, 5.74) is 0.375. The second kappa shape index (κ2) is 8.29. The molecule has 0 aromatic heterocycles. The van der Waals surface area contributed by atoms with Gasteiger partial charge in [0, 0.05) is 30.6 Å². The Bertz CT molecular complexity index is 481. The summed E-state index contributed by atoms with van der Waals surface area (Å²) >= 11 is 0. The van der Waals surface area contributed by atoms with E-state index in [4.69, 9.17) is 0 Å². The predicted octanol–water partition coefficient (Wildman–Crippen LogP) is 2.88. The van der Waals surface area contributed by atoms with E-state index in [1.165, 1.54) is 12.1 Å². The van der Waals surface area contributed by atoms with Crippen molar-refractivity contribution in [1.29, 1.82) is 0 Å². The molecule has 0 aliphatic heterocycles. The van der Waals surface area contributed by atoms with Gasteiger partial charge in [-0.05, 0) is 38.9 Å². The van der Waals surface area contributed by atoms with Crippen LogP contribution < -0.4 is 5.32 Å². The number of nitrogens with zero attached hydrogens (tertiary/aromatic N) is 1. The molecule has 1 saturated carbocycles. The molecule has 3 nitrogen and oxygen atoms in total. The van der Waals surface area contributed by atoms with Gasteiger partial charge in [-0.15, -0.1) is 12.4 Å². The summed E-state index contributed by atoms with van der Waals surface area (Å²) in [6, 6.07) is 3.74. The zero-order valence-electron chi connectivity index (χ0n) is 12.1. The van der Waals surface area contributed by atoms with Crippen LogP contribution >= 0.6 is 12.4 Å². The van der Waals surface area contributed by atoms with Gasteiger partial charge in [0.1, 0.15) is 11.6 Å². The minimum Gasteiger partial charge on any atom is -0.335 e. The molecule has 1 amide bonds. The van der Waals surface area contributed by atoms with Crippen molar-refractivity contribution in [3.8, 4) is 0 Å². The van der Waals surface area contributed by atoms with Gasteiger partial charge in [-0.25, -0.2) is 8.78 Å². The van der Waals surface area contributed by atoms with Crippen molar-refractivity contribution >= 4 is 18.3 Å². The normalized spacial score (nSPS) is 13.7. The number of rotatable bonds is 7. The Morgan fingerprint density at radius 3 is 2.67 bits per heavy atom. The molecule has 118 valence electrons. The minimum atomic E-state index is -0.593. The lowest BCUT2D eigenvalue weighted by Gasteiger charge is -2.23. The van der Waals surface area contributed by atoms with Gasteiger partial charge in [-0.3, -0.25) is 4.79 Å². The molecular weight excluding hydrogens is 298 g/mol. The number of benzene rings is 1. The molecule has 1 aromatic carbocycles. The fourth-order valence-corrected chi connectivity index (χ4v) is 2.20. The van der Waals surface area contributed by atoms with Crippen LogP contribution in [0.3, 0.4) is 0 Å². The maximum Gasteiger partial charge on any atom is 0.223 e. The maximum atomic E-state index is 13.7. The second-order valence-corrected chi connectivity index (χ2v) is 5.20. The number of halogens is 3. The molecule has 1 fully saturated rings. The molecule has 6 heteroatoms. The van der Waals surface area contributed by atoms with Gasteiger partial charge in [-0.1, -0.05) is 6.07 Å². The van der Waals surface area contributed by atoms with E-state index in [2.05, 4.69) is 5.32 Å². The lowest BCUT2D eigenvalue weighted by atomic mass is 10.1. The van der Waals surface area contributed by atoms with E-state index in [1.807, 2.05) is 7.05 Å². The van der Waals surface area contributed by atoms with Gasteiger partial charge in [0.25, 0.3) is 0 Å². The Hall–Kier alpha value is -1.20. The van der Waals surface area contributed by atoms with E-state index in [9.17, 15) is 13.6 Å². The number of carbonyl (C=O) groups excluding carboxylic acids is 1. The van der Waals surface area contributed by atoms with Crippen molar-refractivity contribution in [1.82, 2.24) is 10.2 Å². The largest absolute Gasteiger partial charge is 0.335 e. The quantitative estimate of drug-likeness (QED) is 0.784. The van der Waals surface area contributed by atoms with Crippen molar-refractivity contribution in [2.24, 2.45) is 0 Å². The highest BCUT2D eigenvalue weighted by Gasteiger charge is 2.32. The van der Waals surface area contributed by atoms with Crippen LogP contribution in [0.1, 0.15) is 31.2 Å². The summed E-state index contributed by atoms with van der Waals surface area (Å²) < 4.78 is 26.6. The summed E-state index contributed by atoms with van der Waals surface area (Å²) in [4.78, 5) is 13.9. The van der Waals surface area contributed by atoms with Crippen molar-refractivity contribution in [3.63, 3.8) is 0 Å². The topological polar surface area (TPSA) is 32.3 Å². The highest BCUT2D eigenvalue weighted by atomic mass is 35.5. The van der Waals surface area contributed by atoms with Crippen LogP contribution in [-0.2, 0) is 11.3 Å². The van der Waals surface area contributed by atoms with Crippen molar-refractivity contribution < 1.29 is 13.6 Å². The zero-order valence-corrected chi connectivity index (χ0v) is 12.9. The van der Waals surface area contributed by atoms with Crippen LogP contribution in [0, 0.1) is 11.6 Å². The number of amides is 1. The molecule has 1 N–H and O–H groups in total. The maximum absolute atomic E-state index is 13.7. The summed E-state index contributed by atoms with van der Waals surface area (Å²) in [5, 5.41) is 3.00. The Labute approximate surface area is 130 Å². The van der Waals surface area contributed by atoms with Crippen LogP contribution in [0.2, 0.25) is 0 Å². The molecular formula is C15H21ClF2N2O. The summed E-state index contributed by atoms with van der Waals surface area (Å²) in [7, 11) is 1.84. The summed E-state index contributed by atoms with van der Waals surface area (Å²) in [6.07, 6.45) is 3.17. The molecule has 0 radical (unpaired) electrons. The van der Waals surface area contributed by atoms with Gasteiger partial charge >= 0.3 is 0 Å². The Kier molecular flexibility index (Phi) is 7.05. The van der Waals surface area contributed by atoms with Gasteiger partial charge in [0.2, 0.25) is 5.91 Å². The Balaban J connectivity index is 0.00000220. The summed E-state index contributed by atoms with van der Waals surface area (Å²) in [5.74, 6) is -1.13. The first-order chi connectivity index (χ1) is 9.61. The van der Waals surface area contributed by atoms with Gasteiger partial charge in [0.05, 0.1) is 0 Å². The van der Waals surface area contributed by atoms with Crippen LogP contribution in [-0.4, -0.2) is 30.4 Å².